The molecule has 1 unspecified atom stereocenters. The average molecular weight is 345 g/mol. The van der Waals surface area contributed by atoms with Crippen molar-refractivity contribution in [3.63, 3.8) is 0 Å². The molecular weight excluding hydrogens is 326 g/mol. The third kappa shape index (κ3) is 2.85. The Labute approximate surface area is 144 Å². The summed E-state index contributed by atoms with van der Waals surface area (Å²) in [6, 6.07) is 6.10. The summed E-state index contributed by atoms with van der Waals surface area (Å²) >= 11 is 1.48. The molecule has 6 nitrogen and oxygen atoms in total. The quantitative estimate of drug-likeness (QED) is 0.925. The summed E-state index contributed by atoms with van der Waals surface area (Å²) in [5.74, 6) is 1.49. The van der Waals surface area contributed by atoms with Crippen LogP contribution in [0.2, 0.25) is 0 Å². The van der Waals surface area contributed by atoms with Crippen LogP contribution in [-0.2, 0) is 0 Å². The highest BCUT2D eigenvalue weighted by Crippen LogP contribution is 2.36. The Balaban J connectivity index is 1.53. The standard InChI is InChI=1S/C17H19N3O3S/c1-18-12-3-2-6-20(8-12)17(21)13-9-24-16(19-13)11-4-5-14-15(7-11)23-10-22-14/h4-5,7,9,12,18H,2-3,6,8,10H2,1H3. The number of likely N-dealkylation sites (N-methyl/N-ethyl adjacent to an activating group) is 1. The fraction of sp³-hybridized carbons (Fsp3) is 0.412. The Bertz CT molecular complexity index is 761. The molecule has 0 bridgehead atoms. The summed E-state index contributed by atoms with van der Waals surface area (Å²) < 4.78 is 10.7. The van der Waals surface area contributed by atoms with Crippen LogP contribution in [0.4, 0.5) is 0 Å². The van der Waals surface area contributed by atoms with E-state index in [-0.39, 0.29) is 12.7 Å². The minimum atomic E-state index is 0.0122. The van der Waals surface area contributed by atoms with Crippen molar-refractivity contribution in [2.45, 2.75) is 18.9 Å². The van der Waals surface area contributed by atoms with Gasteiger partial charge in [-0.2, -0.15) is 0 Å². The van der Waals surface area contributed by atoms with E-state index in [2.05, 4.69) is 10.3 Å². The highest BCUT2D eigenvalue weighted by Gasteiger charge is 2.25. The zero-order valence-electron chi connectivity index (χ0n) is 13.4. The summed E-state index contributed by atoms with van der Waals surface area (Å²) in [6.07, 6.45) is 2.14. The second-order valence-electron chi connectivity index (χ2n) is 5.98. The number of carbonyl (C=O) groups excluding carboxylic acids is 1. The summed E-state index contributed by atoms with van der Waals surface area (Å²) in [4.78, 5) is 19.1. The smallest absolute Gasteiger partial charge is 0.273 e. The molecule has 2 aromatic rings. The van der Waals surface area contributed by atoms with E-state index in [0.29, 0.717) is 11.7 Å². The molecule has 1 atom stereocenters. The van der Waals surface area contributed by atoms with Crippen LogP contribution < -0.4 is 14.8 Å². The molecule has 1 N–H and O–H groups in total. The van der Waals surface area contributed by atoms with Crippen molar-refractivity contribution in [3.05, 3.63) is 29.3 Å². The van der Waals surface area contributed by atoms with Gasteiger partial charge in [0, 0.05) is 30.1 Å². The van der Waals surface area contributed by atoms with E-state index >= 15 is 0 Å². The molecule has 0 spiro atoms. The molecule has 1 saturated heterocycles. The number of benzene rings is 1. The number of fused-ring (bicyclic) bond motifs is 1. The van der Waals surface area contributed by atoms with Gasteiger partial charge in [0.25, 0.3) is 5.91 Å². The molecule has 0 aliphatic carbocycles. The van der Waals surface area contributed by atoms with E-state index in [1.807, 2.05) is 35.5 Å². The lowest BCUT2D eigenvalue weighted by Crippen LogP contribution is -2.47. The lowest BCUT2D eigenvalue weighted by atomic mass is 10.1. The molecular formula is C17H19N3O3S. The van der Waals surface area contributed by atoms with E-state index in [1.165, 1.54) is 11.3 Å². The Kier molecular flexibility index (Phi) is 4.12. The van der Waals surface area contributed by atoms with E-state index in [4.69, 9.17) is 9.47 Å². The van der Waals surface area contributed by atoms with Crippen molar-refractivity contribution < 1.29 is 14.3 Å². The predicted octanol–water partition coefficient (Wildman–Crippen LogP) is 2.36. The fourth-order valence-electron chi connectivity index (χ4n) is 3.09. The molecule has 126 valence electrons. The zero-order chi connectivity index (χ0) is 16.5. The minimum Gasteiger partial charge on any atom is -0.454 e. The van der Waals surface area contributed by atoms with Crippen molar-refractivity contribution in [1.29, 1.82) is 0 Å². The van der Waals surface area contributed by atoms with Gasteiger partial charge in [0.1, 0.15) is 10.7 Å². The lowest BCUT2D eigenvalue weighted by Gasteiger charge is -2.32. The van der Waals surface area contributed by atoms with Crippen LogP contribution >= 0.6 is 11.3 Å². The predicted molar refractivity (Wildman–Crippen MR) is 91.7 cm³/mol. The number of hydrogen-bond acceptors (Lipinski definition) is 6. The first-order valence-electron chi connectivity index (χ1n) is 8.06. The maximum absolute atomic E-state index is 12.7. The molecule has 4 rings (SSSR count). The maximum atomic E-state index is 12.7. The van der Waals surface area contributed by atoms with Crippen LogP contribution in [-0.4, -0.2) is 48.8 Å². The molecule has 24 heavy (non-hydrogen) atoms. The van der Waals surface area contributed by atoms with Gasteiger partial charge in [0.05, 0.1) is 0 Å². The Morgan fingerprint density at radius 2 is 2.25 bits per heavy atom. The van der Waals surface area contributed by atoms with Crippen LogP contribution in [0, 0.1) is 0 Å². The number of hydrogen-bond donors (Lipinski definition) is 1. The molecule has 1 aromatic heterocycles. The number of ether oxygens (including phenoxy) is 2. The van der Waals surface area contributed by atoms with Crippen LogP contribution in [0.5, 0.6) is 11.5 Å². The van der Waals surface area contributed by atoms with Crippen molar-refractivity contribution >= 4 is 17.2 Å². The third-order valence-corrected chi connectivity index (χ3v) is 5.35. The van der Waals surface area contributed by atoms with Gasteiger partial charge < -0.3 is 19.7 Å². The number of nitrogens with one attached hydrogen (secondary N) is 1. The molecule has 2 aliphatic heterocycles. The van der Waals surface area contributed by atoms with Crippen molar-refractivity contribution in [3.8, 4) is 22.1 Å². The summed E-state index contributed by atoms with van der Waals surface area (Å²) in [7, 11) is 1.94. The first-order chi connectivity index (χ1) is 11.7. The number of thiazole rings is 1. The number of likely N-dealkylation sites (tertiary alicyclic amines) is 1. The lowest BCUT2D eigenvalue weighted by molar-refractivity contribution is 0.0693. The van der Waals surface area contributed by atoms with Gasteiger partial charge >= 0.3 is 0 Å². The molecule has 3 heterocycles. The highest BCUT2D eigenvalue weighted by molar-refractivity contribution is 7.13. The Morgan fingerprint density at radius 3 is 3.12 bits per heavy atom. The zero-order valence-corrected chi connectivity index (χ0v) is 14.3. The number of piperidine rings is 1. The normalized spacial score (nSPS) is 19.5. The van der Waals surface area contributed by atoms with Gasteiger partial charge in [-0.1, -0.05) is 0 Å². The molecule has 0 saturated carbocycles. The number of carbonyl (C=O) groups is 1. The van der Waals surface area contributed by atoms with E-state index < -0.39 is 0 Å². The minimum absolute atomic E-state index is 0.0122. The number of rotatable bonds is 3. The monoisotopic (exact) mass is 345 g/mol. The fourth-order valence-corrected chi connectivity index (χ4v) is 3.88. The first-order valence-corrected chi connectivity index (χ1v) is 8.94. The van der Waals surface area contributed by atoms with Crippen molar-refractivity contribution in [1.82, 2.24) is 15.2 Å². The summed E-state index contributed by atoms with van der Waals surface area (Å²) in [6.45, 7) is 1.79. The van der Waals surface area contributed by atoms with Crippen molar-refractivity contribution in [2.75, 3.05) is 26.9 Å². The third-order valence-electron chi connectivity index (χ3n) is 4.46. The van der Waals surface area contributed by atoms with Crippen LogP contribution in [0.15, 0.2) is 23.6 Å². The number of nitrogens with zero attached hydrogens (tertiary/aromatic N) is 2. The maximum Gasteiger partial charge on any atom is 0.273 e. The number of aromatic nitrogens is 1. The summed E-state index contributed by atoms with van der Waals surface area (Å²) in [5.41, 5.74) is 1.46. The summed E-state index contributed by atoms with van der Waals surface area (Å²) in [5, 5.41) is 5.91. The largest absolute Gasteiger partial charge is 0.454 e. The van der Waals surface area contributed by atoms with Crippen LogP contribution in [0.25, 0.3) is 10.6 Å². The second kappa shape index (κ2) is 6.41. The van der Waals surface area contributed by atoms with Crippen LogP contribution in [0.1, 0.15) is 23.3 Å². The first kappa shape index (κ1) is 15.4. The molecule has 0 radical (unpaired) electrons. The SMILES string of the molecule is CNC1CCCN(C(=O)c2csc(-c3ccc4c(c3)OCO4)n2)C1. The van der Waals surface area contributed by atoms with Crippen molar-refractivity contribution in [2.24, 2.45) is 0 Å². The average Bonchev–Trinajstić information content (AvgIpc) is 3.29. The second-order valence-corrected chi connectivity index (χ2v) is 6.84. The number of amides is 1. The molecule has 7 heteroatoms. The molecule has 1 fully saturated rings. The van der Waals surface area contributed by atoms with Gasteiger partial charge in [-0.05, 0) is 38.1 Å². The van der Waals surface area contributed by atoms with Crippen LogP contribution in [0.3, 0.4) is 0 Å². The van der Waals surface area contributed by atoms with Gasteiger partial charge in [-0.3, -0.25) is 4.79 Å². The molecule has 2 aliphatic rings. The molecule has 1 amide bonds. The van der Waals surface area contributed by atoms with Gasteiger partial charge in [0.2, 0.25) is 6.79 Å². The molecule has 1 aromatic carbocycles. The van der Waals surface area contributed by atoms with Gasteiger partial charge in [0.15, 0.2) is 11.5 Å². The van der Waals surface area contributed by atoms with Gasteiger partial charge in [-0.25, -0.2) is 4.98 Å². The topological polar surface area (TPSA) is 63.7 Å². The van der Waals surface area contributed by atoms with E-state index in [9.17, 15) is 4.79 Å². The van der Waals surface area contributed by atoms with E-state index in [1.54, 1.807) is 0 Å². The Morgan fingerprint density at radius 1 is 1.38 bits per heavy atom. The Hall–Kier alpha value is -2.12. The highest BCUT2D eigenvalue weighted by atomic mass is 32.1. The van der Waals surface area contributed by atoms with Gasteiger partial charge in [-0.15, -0.1) is 11.3 Å². The van der Waals surface area contributed by atoms with E-state index in [0.717, 1.165) is 48.0 Å².